The Morgan fingerprint density at radius 2 is 2.11 bits per heavy atom. The lowest BCUT2D eigenvalue weighted by Gasteiger charge is -2.44. The molecule has 1 atom stereocenters. The van der Waals surface area contributed by atoms with Crippen LogP contribution in [0, 0.1) is 0 Å². The van der Waals surface area contributed by atoms with Gasteiger partial charge in [0.25, 0.3) is 0 Å². The van der Waals surface area contributed by atoms with E-state index in [2.05, 4.69) is 29.3 Å². The van der Waals surface area contributed by atoms with Gasteiger partial charge >= 0.3 is 0 Å². The van der Waals surface area contributed by atoms with E-state index in [1.807, 2.05) is 18.2 Å². The van der Waals surface area contributed by atoms with E-state index in [0.717, 1.165) is 6.54 Å². The zero-order valence-electron chi connectivity index (χ0n) is 11.0. The van der Waals surface area contributed by atoms with Crippen LogP contribution >= 0.6 is 0 Å². The third kappa shape index (κ3) is 2.89. The Morgan fingerprint density at radius 3 is 2.78 bits per heavy atom. The zero-order chi connectivity index (χ0) is 13.0. The van der Waals surface area contributed by atoms with Crippen LogP contribution in [-0.4, -0.2) is 43.2 Å². The third-order valence-electron chi connectivity index (χ3n) is 3.44. The number of hydrogen-bond donors (Lipinski definition) is 1. The molecule has 0 radical (unpaired) electrons. The van der Waals surface area contributed by atoms with Gasteiger partial charge in [-0.25, -0.2) is 0 Å². The standard InChI is InChI=1S/C14H20N2O2/c1-14(11-18-2)10-15-13(17)9-16(14)8-12-6-4-3-5-7-12/h3-7H,8-11H2,1-2H3,(H,15,17)/t14-/m0/s1. The third-order valence-corrected chi connectivity index (χ3v) is 3.44. The summed E-state index contributed by atoms with van der Waals surface area (Å²) in [4.78, 5) is 13.7. The summed E-state index contributed by atoms with van der Waals surface area (Å²) in [7, 11) is 1.70. The number of ether oxygens (including phenoxy) is 1. The van der Waals surface area contributed by atoms with E-state index >= 15 is 0 Å². The fourth-order valence-corrected chi connectivity index (χ4v) is 2.32. The van der Waals surface area contributed by atoms with Gasteiger partial charge in [-0.3, -0.25) is 9.69 Å². The van der Waals surface area contributed by atoms with Gasteiger partial charge in [0.05, 0.1) is 18.7 Å². The molecule has 0 spiro atoms. The number of nitrogens with zero attached hydrogens (tertiary/aromatic N) is 1. The van der Waals surface area contributed by atoms with Crippen molar-refractivity contribution < 1.29 is 9.53 Å². The summed E-state index contributed by atoms with van der Waals surface area (Å²) in [5, 5.41) is 2.91. The first-order valence-electron chi connectivity index (χ1n) is 6.19. The number of hydrogen-bond acceptors (Lipinski definition) is 3. The molecular formula is C14H20N2O2. The molecule has 98 valence electrons. The van der Waals surface area contributed by atoms with Crippen LogP contribution in [0.3, 0.4) is 0 Å². The van der Waals surface area contributed by atoms with Crippen LogP contribution in [0.1, 0.15) is 12.5 Å². The minimum atomic E-state index is -0.140. The Labute approximate surface area is 108 Å². The smallest absolute Gasteiger partial charge is 0.234 e. The number of amides is 1. The van der Waals surface area contributed by atoms with Crippen LogP contribution in [-0.2, 0) is 16.1 Å². The Kier molecular flexibility index (Phi) is 3.99. The van der Waals surface area contributed by atoms with Crippen molar-refractivity contribution in [2.75, 3.05) is 26.8 Å². The van der Waals surface area contributed by atoms with E-state index in [9.17, 15) is 4.79 Å². The van der Waals surface area contributed by atoms with Crippen molar-refractivity contribution in [2.45, 2.75) is 19.0 Å². The monoisotopic (exact) mass is 248 g/mol. The Balaban J connectivity index is 2.13. The molecule has 1 aromatic carbocycles. The van der Waals surface area contributed by atoms with Crippen molar-refractivity contribution in [3.05, 3.63) is 35.9 Å². The van der Waals surface area contributed by atoms with Gasteiger partial charge < -0.3 is 10.1 Å². The average Bonchev–Trinajstić information content (AvgIpc) is 2.36. The number of piperazine rings is 1. The summed E-state index contributed by atoms with van der Waals surface area (Å²) in [6.45, 7) is 4.56. The molecule has 1 saturated heterocycles. The Morgan fingerprint density at radius 1 is 1.39 bits per heavy atom. The second-order valence-electron chi connectivity index (χ2n) is 5.05. The molecule has 1 N–H and O–H groups in total. The first kappa shape index (κ1) is 13.1. The number of benzene rings is 1. The zero-order valence-corrected chi connectivity index (χ0v) is 11.0. The fraction of sp³-hybridized carbons (Fsp3) is 0.500. The van der Waals surface area contributed by atoms with Crippen LogP contribution in [0.2, 0.25) is 0 Å². The maximum Gasteiger partial charge on any atom is 0.234 e. The van der Waals surface area contributed by atoms with Gasteiger partial charge in [-0.2, -0.15) is 0 Å². The largest absolute Gasteiger partial charge is 0.383 e. The number of rotatable bonds is 4. The summed E-state index contributed by atoms with van der Waals surface area (Å²) in [5.74, 6) is 0.0829. The number of methoxy groups -OCH3 is 1. The predicted molar refractivity (Wildman–Crippen MR) is 70.1 cm³/mol. The van der Waals surface area contributed by atoms with Gasteiger partial charge in [0.2, 0.25) is 5.91 Å². The molecule has 1 aliphatic rings. The first-order chi connectivity index (χ1) is 8.64. The van der Waals surface area contributed by atoms with Crippen LogP contribution < -0.4 is 5.32 Å². The molecule has 18 heavy (non-hydrogen) atoms. The number of carbonyl (C=O) groups is 1. The second kappa shape index (κ2) is 5.50. The molecule has 0 unspecified atom stereocenters. The minimum Gasteiger partial charge on any atom is -0.383 e. The van der Waals surface area contributed by atoms with Gasteiger partial charge in [-0.05, 0) is 12.5 Å². The molecule has 1 aliphatic heterocycles. The lowest BCUT2D eigenvalue weighted by molar-refractivity contribution is -0.130. The average molecular weight is 248 g/mol. The summed E-state index contributed by atoms with van der Waals surface area (Å²) >= 11 is 0. The van der Waals surface area contributed by atoms with E-state index in [1.165, 1.54) is 5.56 Å². The molecule has 4 nitrogen and oxygen atoms in total. The van der Waals surface area contributed by atoms with Crippen LogP contribution in [0.25, 0.3) is 0 Å². The summed E-state index contributed by atoms with van der Waals surface area (Å²) in [6, 6.07) is 10.2. The summed E-state index contributed by atoms with van der Waals surface area (Å²) in [6.07, 6.45) is 0. The minimum absolute atomic E-state index is 0.0829. The molecule has 1 aromatic rings. The van der Waals surface area contributed by atoms with Crippen molar-refractivity contribution >= 4 is 5.91 Å². The Bertz CT molecular complexity index is 408. The van der Waals surface area contributed by atoms with Crippen molar-refractivity contribution in [1.29, 1.82) is 0 Å². The van der Waals surface area contributed by atoms with E-state index in [1.54, 1.807) is 7.11 Å². The maximum absolute atomic E-state index is 11.6. The van der Waals surface area contributed by atoms with E-state index in [4.69, 9.17) is 4.74 Å². The highest BCUT2D eigenvalue weighted by atomic mass is 16.5. The molecule has 1 heterocycles. The lowest BCUT2D eigenvalue weighted by Crippen LogP contribution is -2.63. The van der Waals surface area contributed by atoms with Crippen molar-refractivity contribution in [1.82, 2.24) is 10.2 Å². The van der Waals surface area contributed by atoms with Gasteiger partial charge in [-0.1, -0.05) is 30.3 Å². The van der Waals surface area contributed by atoms with Gasteiger partial charge in [0.1, 0.15) is 0 Å². The number of nitrogens with one attached hydrogen (secondary N) is 1. The Hall–Kier alpha value is -1.39. The molecule has 0 aromatic heterocycles. The van der Waals surface area contributed by atoms with Crippen molar-refractivity contribution in [2.24, 2.45) is 0 Å². The molecule has 2 rings (SSSR count). The molecular weight excluding hydrogens is 228 g/mol. The van der Waals surface area contributed by atoms with E-state index < -0.39 is 0 Å². The highest BCUT2D eigenvalue weighted by Crippen LogP contribution is 2.20. The predicted octanol–water partition coefficient (Wildman–Crippen LogP) is 1.02. The SMILES string of the molecule is COC[C@]1(C)CNC(=O)CN1Cc1ccccc1. The molecule has 0 aliphatic carbocycles. The lowest BCUT2D eigenvalue weighted by atomic mass is 9.97. The second-order valence-corrected chi connectivity index (χ2v) is 5.05. The van der Waals surface area contributed by atoms with Gasteiger partial charge in [0.15, 0.2) is 0 Å². The molecule has 1 fully saturated rings. The van der Waals surface area contributed by atoms with Crippen molar-refractivity contribution in [3.63, 3.8) is 0 Å². The molecule has 1 amide bonds. The normalized spacial score (nSPS) is 24.9. The van der Waals surface area contributed by atoms with Crippen LogP contribution in [0.4, 0.5) is 0 Å². The van der Waals surface area contributed by atoms with Crippen LogP contribution in [0.15, 0.2) is 30.3 Å². The van der Waals surface area contributed by atoms with Crippen LogP contribution in [0.5, 0.6) is 0 Å². The fourth-order valence-electron chi connectivity index (χ4n) is 2.32. The van der Waals surface area contributed by atoms with E-state index in [0.29, 0.717) is 19.7 Å². The van der Waals surface area contributed by atoms with E-state index in [-0.39, 0.29) is 11.4 Å². The van der Waals surface area contributed by atoms with Gasteiger partial charge in [0, 0.05) is 20.2 Å². The summed E-state index contributed by atoms with van der Waals surface area (Å²) in [5.41, 5.74) is 1.08. The quantitative estimate of drug-likeness (QED) is 0.865. The van der Waals surface area contributed by atoms with Crippen molar-refractivity contribution in [3.8, 4) is 0 Å². The molecule has 0 saturated carbocycles. The highest BCUT2D eigenvalue weighted by Gasteiger charge is 2.37. The maximum atomic E-state index is 11.6. The molecule has 4 heteroatoms. The van der Waals surface area contributed by atoms with Gasteiger partial charge in [-0.15, -0.1) is 0 Å². The molecule has 0 bridgehead atoms. The number of carbonyl (C=O) groups excluding carboxylic acids is 1. The topological polar surface area (TPSA) is 41.6 Å². The highest BCUT2D eigenvalue weighted by molar-refractivity contribution is 5.79. The first-order valence-corrected chi connectivity index (χ1v) is 6.19. The summed E-state index contributed by atoms with van der Waals surface area (Å²) < 4.78 is 5.29.